The molecule has 0 aliphatic heterocycles. The van der Waals surface area contributed by atoms with E-state index in [1.165, 1.54) is 0 Å². The molecule has 4 nitrogen and oxygen atoms in total. The lowest BCUT2D eigenvalue weighted by Gasteiger charge is -2.36. The molecule has 1 rings (SSSR count). The second-order valence-electron chi connectivity index (χ2n) is 4.71. The highest BCUT2D eigenvalue weighted by Gasteiger charge is 2.28. The van der Waals surface area contributed by atoms with Gasteiger partial charge < -0.3 is 15.1 Å². The first-order chi connectivity index (χ1) is 6.99. The first-order valence-electron chi connectivity index (χ1n) is 5.59. The van der Waals surface area contributed by atoms with Crippen LogP contribution in [0, 0.1) is 5.92 Å². The minimum atomic E-state index is -0.727. The van der Waals surface area contributed by atoms with Gasteiger partial charge in [0, 0.05) is 19.0 Å². The van der Waals surface area contributed by atoms with Crippen LogP contribution in [-0.2, 0) is 4.79 Å². The van der Waals surface area contributed by atoms with Gasteiger partial charge in [-0.2, -0.15) is 0 Å². The highest BCUT2D eigenvalue weighted by Crippen LogP contribution is 2.28. The monoisotopic (exact) mass is 215 g/mol. The molecule has 1 aliphatic rings. The van der Waals surface area contributed by atoms with E-state index in [0.29, 0.717) is 18.4 Å². The van der Waals surface area contributed by atoms with Crippen molar-refractivity contribution < 1.29 is 15.0 Å². The molecule has 0 aromatic carbocycles. The summed E-state index contributed by atoms with van der Waals surface area (Å²) in [5.74, 6) is -0.133. The van der Waals surface area contributed by atoms with Crippen LogP contribution in [0.15, 0.2) is 0 Å². The van der Waals surface area contributed by atoms with Gasteiger partial charge in [0.15, 0.2) is 0 Å². The summed E-state index contributed by atoms with van der Waals surface area (Å²) < 4.78 is 0. The largest absolute Gasteiger partial charge is 0.481 e. The number of carbonyl (C=O) groups is 1. The van der Waals surface area contributed by atoms with Gasteiger partial charge in [-0.25, -0.2) is 0 Å². The smallest absolute Gasteiger partial charge is 0.303 e. The molecule has 4 heteroatoms. The van der Waals surface area contributed by atoms with Crippen LogP contribution in [0.1, 0.15) is 32.6 Å². The molecule has 0 amide bonds. The van der Waals surface area contributed by atoms with Crippen molar-refractivity contribution in [3.05, 3.63) is 0 Å². The molecule has 0 heterocycles. The maximum atomic E-state index is 10.4. The Morgan fingerprint density at radius 2 is 2.13 bits per heavy atom. The molecule has 0 saturated heterocycles. The number of hydrogen-bond donors (Lipinski definition) is 2. The van der Waals surface area contributed by atoms with Crippen molar-refractivity contribution in [2.45, 2.75) is 44.8 Å². The molecule has 1 atom stereocenters. The molecule has 0 aromatic rings. The van der Waals surface area contributed by atoms with Crippen LogP contribution in [0.2, 0.25) is 0 Å². The van der Waals surface area contributed by atoms with Crippen LogP contribution in [0.25, 0.3) is 0 Å². The van der Waals surface area contributed by atoms with E-state index in [2.05, 4.69) is 11.8 Å². The fourth-order valence-corrected chi connectivity index (χ4v) is 1.99. The van der Waals surface area contributed by atoms with Crippen LogP contribution in [0.5, 0.6) is 0 Å². The van der Waals surface area contributed by atoms with E-state index < -0.39 is 5.97 Å². The number of aliphatic carboxylic acids is 1. The van der Waals surface area contributed by atoms with E-state index in [9.17, 15) is 4.79 Å². The number of rotatable bonds is 6. The summed E-state index contributed by atoms with van der Waals surface area (Å²) in [6, 6.07) is 0.304. The Morgan fingerprint density at radius 3 is 2.60 bits per heavy atom. The maximum Gasteiger partial charge on any atom is 0.303 e. The van der Waals surface area contributed by atoms with Crippen molar-refractivity contribution in [1.29, 1.82) is 0 Å². The zero-order valence-corrected chi connectivity index (χ0v) is 9.52. The molecule has 88 valence electrons. The third kappa shape index (κ3) is 4.18. The van der Waals surface area contributed by atoms with Crippen molar-refractivity contribution in [1.82, 2.24) is 4.90 Å². The minimum Gasteiger partial charge on any atom is -0.481 e. The first-order valence-corrected chi connectivity index (χ1v) is 5.59. The van der Waals surface area contributed by atoms with E-state index in [1.54, 1.807) is 0 Å². The van der Waals surface area contributed by atoms with Crippen LogP contribution in [-0.4, -0.2) is 46.8 Å². The fraction of sp³-hybridized carbons (Fsp3) is 0.909. The summed E-state index contributed by atoms with van der Waals surface area (Å²) in [6.45, 7) is 3.02. The van der Waals surface area contributed by atoms with E-state index in [0.717, 1.165) is 19.4 Å². The Kier molecular flexibility index (Phi) is 4.54. The molecule has 0 aromatic heterocycles. The van der Waals surface area contributed by atoms with Crippen molar-refractivity contribution in [2.24, 2.45) is 5.92 Å². The first kappa shape index (κ1) is 12.5. The number of nitrogens with zero attached hydrogens (tertiary/aromatic N) is 1. The predicted molar refractivity (Wildman–Crippen MR) is 57.7 cm³/mol. The molecule has 2 N–H and O–H groups in total. The number of carboxylic acid groups (broad SMARTS) is 1. The maximum absolute atomic E-state index is 10.4. The molecule has 0 bridgehead atoms. The molecule has 1 saturated carbocycles. The van der Waals surface area contributed by atoms with Gasteiger partial charge in [-0.3, -0.25) is 4.79 Å². The van der Waals surface area contributed by atoms with Gasteiger partial charge in [0.25, 0.3) is 0 Å². The molecule has 15 heavy (non-hydrogen) atoms. The van der Waals surface area contributed by atoms with Crippen LogP contribution < -0.4 is 0 Å². The van der Waals surface area contributed by atoms with Gasteiger partial charge in [0.2, 0.25) is 0 Å². The molecule has 1 unspecified atom stereocenters. The average molecular weight is 215 g/mol. The summed E-state index contributed by atoms with van der Waals surface area (Å²) >= 11 is 0. The van der Waals surface area contributed by atoms with Gasteiger partial charge in [0.1, 0.15) is 0 Å². The van der Waals surface area contributed by atoms with Crippen LogP contribution in [0.4, 0.5) is 0 Å². The Labute approximate surface area is 90.9 Å². The summed E-state index contributed by atoms with van der Waals surface area (Å²) in [4.78, 5) is 12.6. The van der Waals surface area contributed by atoms with Crippen molar-refractivity contribution >= 4 is 5.97 Å². The quantitative estimate of drug-likeness (QED) is 0.692. The molecule has 1 fully saturated rings. The lowest BCUT2D eigenvalue weighted by Crippen LogP contribution is -2.40. The lowest BCUT2D eigenvalue weighted by molar-refractivity contribution is -0.137. The van der Waals surface area contributed by atoms with E-state index in [1.807, 2.05) is 7.05 Å². The highest BCUT2D eigenvalue weighted by molar-refractivity contribution is 5.66. The van der Waals surface area contributed by atoms with Gasteiger partial charge in [-0.15, -0.1) is 0 Å². The Morgan fingerprint density at radius 1 is 1.53 bits per heavy atom. The second kappa shape index (κ2) is 5.47. The van der Waals surface area contributed by atoms with E-state index in [-0.39, 0.29) is 12.5 Å². The minimum absolute atomic E-state index is 0.0993. The predicted octanol–water partition coefficient (Wildman–Crippen LogP) is 0.942. The van der Waals surface area contributed by atoms with E-state index >= 15 is 0 Å². The Bertz CT molecular complexity index is 214. The summed E-state index contributed by atoms with van der Waals surface area (Å²) in [5, 5.41) is 17.7. The number of aliphatic hydroxyl groups is 1. The molecule has 0 spiro atoms. The van der Waals surface area contributed by atoms with Gasteiger partial charge >= 0.3 is 5.97 Å². The van der Waals surface area contributed by atoms with Crippen molar-refractivity contribution in [3.8, 4) is 0 Å². The lowest BCUT2D eigenvalue weighted by atomic mass is 9.82. The highest BCUT2D eigenvalue weighted by atomic mass is 16.4. The molecule has 1 aliphatic carbocycles. The zero-order valence-electron chi connectivity index (χ0n) is 9.52. The summed E-state index contributed by atoms with van der Waals surface area (Å²) in [6.07, 6.45) is 2.63. The summed E-state index contributed by atoms with van der Waals surface area (Å²) in [7, 11) is 2.03. The standard InChI is InChI=1S/C11H21NO3/c1-8(3-4-11(14)15)12(2)7-9-5-10(13)6-9/h8-10,13H,3-7H2,1-2H3,(H,14,15). The fourth-order valence-electron chi connectivity index (χ4n) is 1.99. The molecule has 0 radical (unpaired) electrons. The van der Waals surface area contributed by atoms with Gasteiger partial charge in [-0.05, 0) is 39.2 Å². The number of hydrogen-bond acceptors (Lipinski definition) is 3. The van der Waals surface area contributed by atoms with E-state index in [4.69, 9.17) is 10.2 Å². The van der Waals surface area contributed by atoms with Crippen LogP contribution in [0.3, 0.4) is 0 Å². The molecular weight excluding hydrogens is 194 g/mol. The average Bonchev–Trinajstić information content (AvgIpc) is 2.11. The topological polar surface area (TPSA) is 60.8 Å². The zero-order chi connectivity index (χ0) is 11.4. The Balaban J connectivity index is 2.15. The van der Waals surface area contributed by atoms with Crippen molar-refractivity contribution in [2.75, 3.05) is 13.6 Å². The van der Waals surface area contributed by atoms with Gasteiger partial charge in [-0.1, -0.05) is 0 Å². The van der Waals surface area contributed by atoms with Crippen LogP contribution >= 0.6 is 0 Å². The van der Waals surface area contributed by atoms with Gasteiger partial charge in [0.05, 0.1) is 6.10 Å². The summed E-state index contributed by atoms with van der Waals surface area (Å²) in [5.41, 5.74) is 0. The number of aliphatic hydroxyl groups excluding tert-OH is 1. The normalized spacial score (nSPS) is 27.5. The number of carboxylic acids is 1. The third-order valence-electron chi connectivity index (χ3n) is 3.29. The SMILES string of the molecule is CC(CCC(=O)O)N(C)CC1CC(O)C1. The molecular formula is C11H21NO3. The third-order valence-corrected chi connectivity index (χ3v) is 3.29. The van der Waals surface area contributed by atoms with Crippen molar-refractivity contribution in [3.63, 3.8) is 0 Å². The Hall–Kier alpha value is -0.610. The second-order valence-corrected chi connectivity index (χ2v) is 4.71.